The van der Waals surface area contributed by atoms with Gasteiger partial charge in [0.05, 0.1) is 24.6 Å². The molecule has 0 unspecified atom stereocenters. The highest BCUT2D eigenvalue weighted by Crippen LogP contribution is 2.30. The highest BCUT2D eigenvalue weighted by Gasteiger charge is 2.24. The first-order valence-electron chi connectivity index (χ1n) is 11.0. The molecule has 3 aromatic carbocycles. The quantitative estimate of drug-likeness (QED) is 0.445. The van der Waals surface area contributed by atoms with Crippen LogP contribution in [0, 0.1) is 11.8 Å². The van der Waals surface area contributed by atoms with Crippen LogP contribution in [-0.4, -0.2) is 40.2 Å². The van der Waals surface area contributed by atoms with Crippen LogP contribution in [0.2, 0.25) is 0 Å². The van der Waals surface area contributed by atoms with Gasteiger partial charge >= 0.3 is 5.97 Å². The number of aryl methyl sites for hydroxylation is 1. The van der Waals surface area contributed by atoms with Gasteiger partial charge in [-0.2, -0.15) is 0 Å². The standard InChI is InChI=1S/C27H24N2O5S/c1-34-27(31)23-8-3-6-19(16-23)11-12-20-7-4-10-24(17-20)28-26(30)22-13-14-25-21(18-22)9-5-15-29(25)35(2,32)33/h3-4,6-8,10,13-14,16-18H,5,9,15H2,1-2H3,(H,28,30). The van der Waals surface area contributed by atoms with Crippen molar-refractivity contribution in [1.29, 1.82) is 0 Å². The van der Waals surface area contributed by atoms with E-state index in [0.29, 0.717) is 53.0 Å². The lowest BCUT2D eigenvalue weighted by Gasteiger charge is -2.29. The van der Waals surface area contributed by atoms with E-state index in [1.165, 1.54) is 17.7 Å². The number of rotatable bonds is 4. The maximum atomic E-state index is 12.9. The number of fused-ring (bicyclic) bond motifs is 1. The van der Waals surface area contributed by atoms with Gasteiger partial charge in [0.15, 0.2) is 0 Å². The number of esters is 1. The molecule has 0 bridgehead atoms. The van der Waals surface area contributed by atoms with E-state index in [2.05, 4.69) is 17.2 Å². The number of hydrogen-bond donors (Lipinski definition) is 1. The van der Waals surface area contributed by atoms with E-state index < -0.39 is 16.0 Å². The molecule has 178 valence electrons. The minimum Gasteiger partial charge on any atom is -0.465 e. The summed E-state index contributed by atoms with van der Waals surface area (Å²) in [6.45, 7) is 0.443. The second-order valence-corrected chi connectivity index (χ2v) is 10.0. The second-order valence-electron chi connectivity index (χ2n) is 8.14. The summed E-state index contributed by atoms with van der Waals surface area (Å²) < 4.78 is 30.2. The number of amides is 1. The Hall–Kier alpha value is -4.09. The largest absolute Gasteiger partial charge is 0.465 e. The first kappa shape index (κ1) is 24.0. The molecule has 0 atom stereocenters. The number of methoxy groups -OCH3 is 1. The highest BCUT2D eigenvalue weighted by molar-refractivity contribution is 7.92. The SMILES string of the molecule is COC(=O)c1cccc(C#Cc2cccc(NC(=O)c3ccc4c(c3)CCCN4S(C)(=O)=O)c2)c1. The van der Waals surface area contributed by atoms with Crippen LogP contribution < -0.4 is 9.62 Å². The van der Waals surface area contributed by atoms with Crippen LogP contribution in [-0.2, 0) is 21.2 Å². The van der Waals surface area contributed by atoms with E-state index in [0.717, 1.165) is 5.56 Å². The smallest absolute Gasteiger partial charge is 0.337 e. The number of carbonyl (C=O) groups is 2. The Balaban J connectivity index is 1.51. The topological polar surface area (TPSA) is 92.8 Å². The van der Waals surface area contributed by atoms with E-state index in [4.69, 9.17) is 4.74 Å². The molecular formula is C27H24N2O5S. The lowest BCUT2D eigenvalue weighted by molar-refractivity contribution is 0.0600. The number of hydrogen-bond acceptors (Lipinski definition) is 5. The summed E-state index contributed by atoms with van der Waals surface area (Å²) in [4.78, 5) is 24.6. The predicted octanol–water partition coefficient (Wildman–Crippen LogP) is 3.84. The highest BCUT2D eigenvalue weighted by atomic mass is 32.2. The number of nitrogens with one attached hydrogen (secondary N) is 1. The molecule has 1 aliphatic heterocycles. The summed E-state index contributed by atoms with van der Waals surface area (Å²) in [5, 5.41) is 2.88. The summed E-state index contributed by atoms with van der Waals surface area (Å²) >= 11 is 0. The predicted molar refractivity (Wildman–Crippen MR) is 135 cm³/mol. The third kappa shape index (κ3) is 5.70. The molecule has 0 radical (unpaired) electrons. The van der Waals surface area contributed by atoms with Gasteiger partial charge in [0.2, 0.25) is 10.0 Å². The van der Waals surface area contributed by atoms with E-state index in [-0.39, 0.29) is 5.91 Å². The Kier molecular flexibility index (Phi) is 6.90. The molecular weight excluding hydrogens is 464 g/mol. The van der Waals surface area contributed by atoms with Gasteiger partial charge in [-0.25, -0.2) is 13.2 Å². The zero-order valence-electron chi connectivity index (χ0n) is 19.4. The minimum absolute atomic E-state index is 0.292. The molecule has 8 heteroatoms. The van der Waals surface area contributed by atoms with Crippen molar-refractivity contribution in [3.05, 3.63) is 94.5 Å². The van der Waals surface area contributed by atoms with E-state index in [9.17, 15) is 18.0 Å². The third-order valence-corrected chi connectivity index (χ3v) is 6.75. The van der Waals surface area contributed by atoms with Crippen LogP contribution in [0.25, 0.3) is 0 Å². The Morgan fingerprint density at radius 3 is 2.37 bits per heavy atom. The Morgan fingerprint density at radius 1 is 0.943 bits per heavy atom. The molecule has 3 aromatic rings. The molecule has 1 heterocycles. The van der Waals surface area contributed by atoms with Crippen molar-refractivity contribution in [2.24, 2.45) is 0 Å². The zero-order valence-corrected chi connectivity index (χ0v) is 20.2. The van der Waals surface area contributed by atoms with Gasteiger partial charge in [-0.05, 0) is 73.0 Å². The molecule has 7 nitrogen and oxygen atoms in total. The lowest BCUT2D eigenvalue weighted by Crippen LogP contribution is -2.34. The number of sulfonamides is 1. The Morgan fingerprint density at radius 2 is 1.66 bits per heavy atom. The maximum absolute atomic E-state index is 12.9. The Bertz CT molecular complexity index is 1470. The average molecular weight is 489 g/mol. The van der Waals surface area contributed by atoms with Crippen molar-refractivity contribution in [1.82, 2.24) is 0 Å². The summed E-state index contributed by atoms with van der Waals surface area (Å²) in [5.74, 6) is 5.34. The van der Waals surface area contributed by atoms with Gasteiger partial charge in [0, 0.05) is 28.9 Å². The van der Waals surface area contributed by atoms with Crippen LogP contribution in [0.15, 0.2) is 66.7 Å². The van der Waals surface area contributed by atoms with E-state index in [1.807, 2.05) is 6.07 Å². The van der Waals surface area contributed by atoms with Crippen molar-refractivity contribution >= 4 is 33.3 Å². The van der Waals surface area contributed by atoms with Gasteiger partial charge in [-0.15, -0.1) is 0 Å². The number of ether oxygens (including phenoxy) is 1. The van der Waals surface area contributed by atoms with Crippen molar-refractivity contribution < 1.29 is 22.7 Å². The fourth-order valence-corrected chi connectivity index (χ4v) is 4.91. The van der Waals surface area contributed by atoms with Crippen molar-refractivity contribution in [2.45, 2.75) is 12.8 Å². The van der Waals surface area contributed by atoms with Crippen molar-refractivity contribution in [3.8, 4) is 11.8 Å². The third-order valence-electron chi connectivity index (χ3n) is 5.57. The average Bonchev–Trinajstić information content (AvgIpc) is 2.86. The summed E-state index contributed by atoms with van der Waals surface area (Å²) in [6.07, 6.45) is 2.60. The molecule has 4 rings (SSSR count). The fraction of sp³-hybridized carbons (Fsp3) is 0.185. The number of carbonyl (C=O) groups excluding carboxylic acids is 2. The minimum atomic E-state index is -3.36. The zero-order chi connectivity index (χ0) is 25.0. The molecule has 1 N–H and O–H groups in total. The second kappa shape index (κ2) is 10.0. The van der Waals surface area contributed by atoms with Crippen molar-refractivity contribution in [3.63, 3.8) is 0 Å². The van der Waals surface area contributed by atoms with E-state index in [1.54, 1.807) is 60.7 Å². The molecule has 1 amide bonds. The first-order valence-corrected chi connectivity index (χ1v) is 12.8. The van der Waals surface area contributed by atoms with Crippen LogP contribution in [0.4, 0.5) is 11.4 Å². The molecule has 0 saturated carbocycles. The molecule has 0 spiro atoms. The molecule has 0 saturated heterocycles. The number of benzene rings is 3. The normalized spacial score (nSPS) is 12.7. The number of anilines is 2. The van der Waals surface area contributed by atoms with Gasteiger partial charge in [-0.1, -0.05) is 24.0 Å². The monoisotopic (exact) mass is 488 g/mol. The van der Waals surface area contributed by atoms with Gasteiger partial charge in [0.25, 0.3) is 5.91 Å². The molecule has 0 aliphatic carbocycles. The maximum Gasteiger partial charge on any atom is 0.337 e. The van der Waals surface area contributed by atoms with Crippen LogP contribution in [0.1, 0.15) is 43.8 Å². The van der Waals surface area contributed by atoms with E-state index >= 15 is 0 Å². The fourth-order valence-electron chi connectivity index (χ4n) is 3.91. The molecule has 1 aliphatic rings. The van der Waals surface area contributed by atoms with Crippen molar-refractivity contribution in [2.75, 3.05) is 29.5 Å². The van der Waals surface area contributed by atoms with Crippen LogP contribution >= 0.6 is 0 Å². The number of nitrogens with zero attached hydrogens (tertiary/aromatic N) is 1. The summed E-state index contributed by atoms with van der Waals surface area (Å²) in [6, 6.07) is 19.1. The molecule has 0 fully saturated rings. The van der Waals surface area contributed by atoms with Gasteiger partial charge < -0.3 is 10.1 Å². The van der Waals surface area contributed by atoms with Gasteiger partial charge in [0.1, 0.15) is 0 Å². The van der Waals surface area contributed by atoms with Crippen LogP contribution in [0.5, 0.6) is 0 Å². The summed E-state index contributed by atoms with van der Waals surface area (Å²) in [5.41, 5.74) is 4.29. The Labute approximate surface area is 204 Å². The first-order chi connectivity index (χ1) is 16.7. The summed E-state index contributed by atoms with van der Waals surface area (Å²) in [7, 11) is -2.03. The molecule has 35 heavy (non-hydrogen) atoms. The molecule has 0 aromatic heterocycles. The van der Waals surface area contributed by atoms with Gasteiger partial charge in [-0.3, -0.25) is 9.10 Å². The lowest BCUT2D eigenvalue weighted by atomic mass is 10.0. The van der Waals surface area contributed by atoms with Crippen LogP contribution in [0.3, 0.4) is 0 Å².